The Labute approximate surface area is 89.8 Å². The van der Waals surface area contributed by atoms with Gasteiger partial charge in [-0.2, -0.15) is 4.99 Å². The number of aliphatic imine (C=N–C) groups is 1. The monoisotopic (exact) mass is 259 g/mol. The van der Waals surface area contributed by atoms with Crippen molar-refractivity contribution < 1.29 is 4.39 Å². The average molecular weight is 260 g/mol. The summed E-state index contributed by atoms with van der Waals surface area (Å²) in [7, 11) is 0. The smallest absolute Gasteiger partial charge is 0.149 e. The minimum absolute atomic E-state index is 0.244. The standard InChI is InChI=1S/C9H7BrFNS/c10-4-3-7-1-2-9(12-6-13)8(11)5-7/h1-2,5H,3-4H2. The molecule has 0 fully saturated rings. The normalized spacial score (nSPS) is 9.38. The van der Waals surface area contributed by atoms with E-state index in [2.05, 4.69) is 38.3 Å². The number of hydrogen-bond acceptors (Lipinski definition) is 2. The summed E-state index contributed by atoms with van der Waals surface area (Å²) >= 11 is 7.67. The Bertz CT molecular complexity index is 347. The molecule has 0 spiro atoms. The molecule has 13 heavy (non-hydrogen) atoms. The Balaban J connectivity index is 2.98. The topological polar surface area (TPSA) is 12.4 Å². The second-order valence-electron chi connectivity index (χ2n) is 2.43. The third kappa shape index (κ3) is 2.99. The summed E-state index contributed by atoms with van der Waals surface area (Å²) in [4.78, 5) is 3.59. The van der Waals surface area contributed by atoms with Gasteiger partial charge in [-0.3, -0.25) is 0 Å². The van der Waals surface area contributed by atoms with Gasteiger partial charge in [0.05, 0.1) is 5.16 Å². The van der Waals surface area contributed by atoms with E-state index in [0.717, 1.165) is 17.3 Å². The van der Waals surface area contributed by atoms with Crippen molar-refractivity contribution in [2.75, 3.05) is 5.33 Å². The molecule has 0 atom stereocenters. The van der Waals surface area contributed by atoms with Gasteiger partial charge in [0, 0.05) is 5.33 Å². The number of nitrogens with zero attached hydrogens (tertiary/aromatic N) is 1. The van der Waals surface area contributed by atoms with Crippen molar-refractivity contribution in [3.8, 4) is 0 Å². The van der Waals surface area contributed by atoms with Crippen LogP contribution in [0.4, 0.5) is 10.1 Å². The summed E-state index contributed by atoms with van der Waals surface area (Å²) in [6.45, 7) is 0. The first kappa shape index (κ1) is 10.5. The van der Waals surface area contributed by atoms with Crippen LogP contribution in [0, 0.1) is 5.82 Å². The maximum Gasteiger partial charge on any atom is 0.149 e. The molecule has 0 aliphatic carbocycles. The molecule has 0 saturated heterocycles. The highest BCUT2D eigenvalue weighted by molar-refractivity contribution is 9.09. The second kappa shape index (κ2) is 5.22. The van der Waals surface area contributed by atoms with E-state index in [1.165, 1.54) is 6.07 Å². The van der Waals surface area contributed by atoms with Crippen LogP contribution in [0.5, 0.6) is 0 Å². The summed E-state index contributed by atoms with van der Waals surface area (Å²) in [6, 6.07) is 4.90. The molecule has 68 valence electrons. The third-order valence-electron chi connectivity index (χ3n) is 1.56. The summed E-state index contributed by atoms with van der Waals surface area (Å²) in [5.41, 5.74) is 1.19. The lowest BCUT2D eigenvalue weighted by molar-refractivity contribution is 0.628. The third-order valence-corrected chi connectivity index (χ3v) is 2.05. The van der Waals surface area contributed by atoms with Gasteiger partial charge in [-0.25, -0.2) is 4.39 Å². The zero-order valence-electron chi connectivity index (χ0n) is 6.76. The molecule has 0 aliphatic rings. The molecule has 1 rings (SSSR count). The summed E-state index contributed by atoms with van der Waals surface area (Å²) in [5.74, 6) is -0.351. The molecule has 0 unspecified atom stereocenters. The molecule has 1 nitrogen and oxygen atoms in total. The first-order valence-electron chi connectivity index (χ1n) is 3.70. The van der Waals surface area contributed by atoms with E-state index in [9.17, 15) is 4.39 Å². The van der Waals surface area contributed by atoms with Crippen molar-refractivity contribution >= 4 is 39.0 Å². The highest BCUT2D eigenvalue weighted by Gasteiger charge is 2.01. The van der Waals surface area contributed by atoms with E-state index in [1.807, 2.05) is 6.07 Å². The average Bonchev–Trinajstić information content (AvgIpc) is 2.10. The molecule has 0 amide bonds. The van der Waals surface area contributed by atoms with Crippen LogP contribution in [-0.4, -0.2) is 10.5 Å². The van der Waals surface area contributed by atoms with E-state index in [-0.39, 0.29) is 11.5 Å². The van der Waals surface area contributed by atoms with Crippen LogP contribution in [0.25, 0.3) is 0 Å². The largest absolute Gasteiger partial charge is 0.205 e. The van der Waals surface area contributed by atoms with Crippen molar-refractivity contribution in [2.45, 2.75) is 6.42 Å². The predicted molar refractivity (Wildman–Crippen MR) is 58.6 cm³/mol. The number of halogens is 2. The minimum atomic E-state index is -0.351. The molecule has 1 aromatic carbocycles. The van der Waals surface area contributed by atoms with E-state index in [4.69, 9.17) is 0 Å². The number of aryl methyl sites for hydroxylation is 1. The van der Waals surface area contributed by atoms with Crippen molar-refractivity contribution in [2.24, 2.45) is 4.99 Å². The van der Waals surface area contributed by atoms with Crippen molar-refractivity contribution in [3.63, 3.8) is 0 Å². The molecule has 0 N–H and O–H groups in total. The Hall–Kier alpha value is -0.570. The van der Waals surface area contributed by atoms with Crippen LogP contribution in [0.15, 0.2) is 23.2 Å². The van der Waals surface area contributed by atoms with Gasteiger partial charge in [0.1, 0.15) is 11.5 Å². The van der Waals surface area contributed by atoms with Gasteiger partial charge < -0.3 is 0 Å². The number of rotatable bonds is 3. The number of alkyl halides is 1. The lowest BCUT2D eigenvalue weighted by Gasteiger charge is -1.99. The van der Waals surface area contributed by atoms with Crippen LogP contribution in [0.1, 0.15) is 5.56 Å². The molecule has 0 bridgehead atoms. The maximum absolute atomic E-state index is 13.2. The van der Waals surface area contributed by atoms with Crippen LogP contribution >= 0.6 is 28.1 Å². The first-order chi connectivity index (χ1) is 6.27. The Morgan fingerprint density at radius 2 is 2.31 bits per heavy atom. The molecule has 4 heteroatoms. The van der Waals surface area contributed by atoms with Crippen LogP contribution < -0.4 is 0 Å². The maximum atomic E-state index is 13.2. The minimum Gasteiger partial charge on any atom is -0.205 e. The number of hydrogen-bond donors (Lipinski definition) is 0. The van der Waals surface area contributed by atoms with Gasteiger partial charge in [-0.05, 0) is 36.3 Å². The Kier molecular flexibility index (Phi) is 4.22. The van der Waals surface area contributed by atoms with Crippen LogP contribution in [0.2, 0.25) is 0 Å². The van der Waals surface area contributed by atoms with Gasteiger partial charge >= 0.3 is 0 Å². The molecule has 0 aromatic heterocycles. The zero-order valence-corrected chi connectivity index (χ0v) is 9.16. The van der Waals surface area contributed by atoms with Crippen LogP contribution in [-0.2, 0) is 6.42 Å². The molecular formula is C9H7BrFNS. The SMILES string of the molecule is Fc1cc(CCBr)ccc1N=C=S. The second-order valence-corrected chi connectivity index (χ2v) is 3.40. The van der Waals surface area contributed by atoms with E-state index < -0.39 is 0 Å². The molecule has 0 radical (unpaired) electrons. The van der Waals surface area contributed by atoms with Crippen molar-refractivity contribution in [1.82, 2.24) is 0 Å². The van der Waals surface area contributed by atoms with Crippen molar-refractivity contribution in [3.05, 3.63) is 29.6 Å². The highest BCUT2D eigenvalue weighted by Crippen LogP contribution is 2.18. The number of benzene rings is 1. The van der Waals surface area contributed by atoms with E-state index in [1.54, 1.807) is 6.07 Å². The van der Waals surface area contributed by atoms with Gasteiger partial charge in [0.15, 0.2) is 0 Å². The summed E-state index contributed by atoms with van der Waals surface area (Å²) in [6.07, 6.45) is 0.804. The quantitative estimate of drug-likeness (QED) is 0.460. The highest BCUT2D eigenvalue weighted by atomic mass is 79.9. The Morgan fingerprint density at radius 1 is 1.54 bits per heavy atom. The molecule has 0 saturated carbocycles. The first-order valence-corrected chi connectivity index (χ1v) is 5.23. The zero-order chi connectivity index (χ0) is 9.68. The fraction of sp³-hybridized carbons (Fsp3) is 0.222. The van der Waals surface area contributed by atoms with Gasteiger partial charge in [0.2, 0.25) is 0 Å². The molecular weight excluding hydrogens is 253 g/mol. The predicted octanol–water partition coefficient (Wildman–Crippen LogP) is 3.50. The van der Waals surface area contributed by atoms with Crippen molar-refractivity contribution in [1.29, 1.82) is 0 Å². The summed E-state index contributed by atoms with van der Waals surface area (Å²) < 4.78 is 13.2. The lowest BCUT2D eigenvalue weighted by Crippen LogP contribution is -1.86. The van der Waals surface area contributed by atoms with E-state index >= 15 is 0 Å². The fourth-order valence-electron chi connectivity index (χ4n) is 0.955. The Morgan fingerprint density at radius 3 is 2.85 bits per heavy atom. The molecule has 0 heterocycles. The number of thiocarbonyl (C=S) groups is 1. The number of isothiocyanates is 1. The molecule has 1 aromatic rings. The van der Waals surface area contributed by atoms with Crippen LogP contribution in [0.3, 0.4) is 0 Å². The van der Waals surface area contributed by atoms with Gasteiger partial charge in [-0.1, -0.05) is 22.0 Å². The summed E-state index contributed by atoms with van der Waals surface area (Å²) in [5, 5.41) is 2.96. The van der Waals surface area contributed by atoms with E-state index in [0.29, 0.717) is 0 Å². The lowest BCUT2D eigenvalue weighted by atomic mass is 10.1. The fourth-order valence-corrected chi connectivity index (χ4v) is 1.51. The van der Waals surface area contributed by atoms with Gasteiger partial charge in [0.25, 0.3) is 0 Å². The van der Waals surface area contributed by atoms with Gasteiger partial charge in [-0.15, -0.1) is 0 Å². The molecule has 0 aliphatic heterocycles.